The van der Waals surface area contributed by atoms with Crippen LogP contribution in [0.4, 0.5) is 0 Å². The number of benzene rings is 3. The number of aryl methyl sites for hydroxylation is 1. The van der Waals surface area contributed by atoms with Crippen molar-refractivity contribution in [3.05, 3.63) is 71.8 Å². The molecule has 0 unspecified atom stereocenters. The van der Waals surface area contributed by atoms with Gasteiger partial charge in [-0.2, -0.15) is 0 Å². The second kappa shape index (κ2) is 7.51. The number of hydrogen-bond acceptors (Lipinski definition) is 2. The van der Waals surface area contributed by atoms with Crippen LogP contribution in [0.2, 0.25) is 0 Å². The largest absolute Gasteiger partial charge is 0.508 e. The van der Waals surface area contributed by atoms with Crippen molar-refractivity contribution in [2.75, 3.05) is 0 Å². The Bertz CT molecular complexity index is 742. The van der Waals surface area contributed by atoms with Crippen molar-refractivity contribution in [1.82, 2.24) is 0 Å². The van der Waals surface area contributed by atoms with Crippen LogP contribution in [0.25, 0.3) is 10.8 Å². The molecule has 2 N–H and O–H groups in total. The van der Waals surface area contributed by atoms with Crippen LogP contribution in [-0.2, 0) is 12.8 Å². The fourth-order valence-corrected chi connectivity index (χ4v) is 2.57. The maximum absolute atomic E-state index is 9.42. The zero-order valence-corrected chi connectivity index (χ0v) is 13.1. The van der Waals surface area contributed by atoms with Crippen LogP contribution < -0.4 is 0 Å². The highest BCUT2D eigenvalue weighted by Gasteiger charge is 2.02. The van der Waals surface area contributed by atoms with Crippen molar-refractivity contribution in [2.24, 2.45) is 0 Å². The van der Waals surface area contributed by atoms with Gasteiger partial charge in [0.1, 0.15) is 11.5 Å². The van der Waals surface area contributed by atoms with E-state index in [-0.39, 0.29) is 0 Å². The topological polar surface area (TPSA) is 40.5 Å². The third-order valence-corrected chi connectivity index (χ3v) is 3.75. The minimum absolute atomic E-state index is 0.350. The van der Waals surface area contributed by atoms with Crippen LogP contribution in [0, 0.1) is 0 Å². The summed E-state index contributed by atoms with van der Waals surface area (Å²) < 4.78 is 0. The molecule has 0 radical (unpaired) electrons. The van der Waals surface area contributed by atoms with E-state index < -0.39 is 0 Å². The van der Waals surface area contributed by atoms with Crippen molar-refractivity contribution in [3.63, 3.8) is 0 Å². The van der Waals surface area contributed by atoms with Crippen LogP contribution in [0.5, 0.6) is 11.5 Å². The first-order valence-corrected chi connectivity index (χ1v) is 7.63. The second-order valence-corrected chi connectivity index (χ2v) is 5.12. The second-order valence-electron chi connectivity index (χ2n) is 5.12. The summed E-state index contributed by atoms with van der Waals surface area (Å²) in [7, 11) is 0. The Morgan fingerprint density at radius 3 is 1.95 bits per heavy atom. The molecular weight excluding hydrogens is 272 g/mol. The van der Waals surface area contributed by atoms with E-state index in [0.717, 1.165) is 29.2 Å². The van der Waals surface area contributed by atoms with Gasteiger partial charge in [-0.1, -0.05) is 62.4 Å². The molecule has 0 heterocycles. The number of aromatic hydroxyl groups is 2. The van der Waals surface area contributed by atoms with Gasteiger partial charge in [0.25, 0.3) is 0 Å². The molecule has 0 spiro atoms. The summed E-state index contributed by atoms with van der Waals surface area (Å²) in [5.41, 5.74) is 2.35. The van der Waals surface area contributed by atoms with Crippen molar-refractivity contribution < 1.29 is 10.2 Å². The van der Waals surface area contributed by atoms with Crippen molar-refractivity contribution in [1.29, 1.82) is 0 Å². The van der Waals surface area contributed by atoms with Crippen LogP contribution in [0.3, 0.4) is 0 Å². The first-order chi connectivity index (χ1) is 10.7. The Hall–Kier alpha value is -2.48. The number of hydrogen-bond donors (Lipinski definition) is 2. The van der Waals surface area contributed by atoms with Gasteiger partial charge in [-0.05, 0) is 41.5 Å². The summed E-state index contributed by atoms with van der Waals surface area (Å²) >= 11 is 0. The standard InChI is InChI=1S/C10H8O.C10H14O/c11-10-7-3-5-8-4-1-2-6-9(8)10;1-3-8-6-5-7-10(11)9(8)4-2/h1-7,11H;5-7,11H,3-4H2,1-2H3. The lowest BCUT2D eigenvalue weighted by atomic mass is 10.0. The average Bonchev–Trinajstić information content (AvgIpc) is 2.55. The van der Waals surface area contributed by atoms with Gasteiger partial charge in [0.15, 0.2) is 0 Å². The fraction of sp³-hybridized carbons (Fsp3) is 0.200. The van der Waals surface area contributed by atoms with E-state index >= 15 is 0 Å². The third-order valence-electron chi connectivity index (χ3n) is 3.75. The molecule has 3 rings (SSSR count). The van der Waals surface area contributed by atoms with Crippen molar-refractivity contribution in [3.8, 4) is 11.5 Å². The molecular formula is C20H22O2. The predicted molar refractivity (Wildman–Crippen MR) is 92.5 cm³/mol. The van der Waals surface area contributed by atoms with Gasteiger partial charge in [0.05, 0.1) is 0 Å². The maximum Gasteiger partial charge on any atom is 0.123 e. The highest BCUT2D eigenvalue weighted by molar-refractivity contribution is 5.87. The van der Waals surface area contributed by atoms with Gasteiger partial charge in [-0.25, -0.2) is 0 Å². The molecule has 0 aliphatic heterocycles. The van der Waals surface area contributed by atoms with Crippen LogP contribution in [0.1, 0.15) is 25.0 Å². The minimum atomic E-state index is 0.350. The van der Waals surface area contributed by atoms with Crippen LogP contribution in [0.15, 0.2) is 60.7 Å². The summed E-state index contributed by atoms with van der Waals surface area (Å²) in [6.07, 6.45) is 1.91. The highest BCUT2D eigenvalue weighted by atomic mass is 16.3. The molecule has 0 amide bonds. The molecule has 0 saturated carbocycles. The normalized spacial score (nSPS) is 10.1. The number of phenolic OH excluding ortho intramolecular Hbond substituents is 2. The lowest BCUT2D eigenvalue weighted by Crippen LogP contribution is -1.90. The molecule has 0 aliphatic carbocycles. The monoisotopic (exact) mass is 294 g/mol. The SMILES string of the molecule is CCc1cccc(O)c1CC.Oc1cccc2ccccc12. The lowest BCUT2D eigenvalue weighted by Gasteiger charge is -2.06. The summed E-state index contributed by atoms with van der Waals surface area (Å²) in [6.45, 7) is 4.17. The Labute approximate surface area is 131 Å². The summed E-state index contributed by atoms with van der Waals surface area (Å²) in [4.78, 5) is 0. The predicted octanol–water partition coefficient (Wildman–Crippen LogP) is 5.06. The van der Waals surface area contributed by atoms with Gasteiger partial charge in [-0.3, -0.25) is 0 Å². The minimum Gasteiger partial charge on any atom is -0.508 e. The van der Waals surface area contributed by atoms with E-state index in [1.165, 1.54) is 5.56 Å². The third kappa shape index (κ3) is 3.59. The Morgan fingerprint density at radius 2 is 1.32 bits per heavy atom. The van der Waals surface area contributed by atoms with Gasteiger partial charge in [-0.15, -0.1) is 0 Å². The van der Waals surface area contributed by atoms with Crippen LogP contribution >= 0.6 is 0 Å². The molecule has 114 valence electrons. The van der Waals surface area contributed by atoms with E-state index in [2.05, 4.69) is 19.9 Å². The number of fused-ring (bicyclic) bond motifs is 1. The Kier molecular flexibility index (Phi) is 5.42. The molecule has 2 heteroatoms. The molecule has 2 nitrogen and oxygen atoms in total. The molecule has 22 heavy (non-hydrogen) atoms. The lowest BCUT2D eigenvalue weighted by molar-refractivity contribution is 0.468. The van der Waals surface area contributed by atoms with Gasteiger partial charge in [0.2, 0.25) is 0 Å². The van der Waals surface area contributed by atoms with E-state index in [0.29, 0.717) is 11.5 Å². The first-order valence-electron chi connectivity index (χ1n) is 7.63. The summed E-state index contributed by atoms with van der Waals surface area (Å²) in [5, 5.41) is 20.8. The highest BCUT2D eigenvalue weighted by Crippen LogP contribution is 2.23. The molecule has 0 atom stereocenters. The first kappa shape index (κ1) is 15.9. The van der Waals surface area contributed by atoms with E-state index in [1.54, 1.807) is 12.1 Å². The average molecular weight is 294 g/mol. The van der Waals surface area contributed by atoms with E-state index in [1.807, 2.05) is 42.5 Å². The fourth-order valence-electron chi connectivity index (χ4n) is 2.57. The van der Waals surface area contributed by atoms with E-state index in [4.69, 9.17) is 0 Å². The molecule has 0 saturated heterocycles. The summed E-state index contributed by atoms with van der Waals surface area (Å²) in [5.74, 6) is 0.787. The van der Waals surface area contributed by atoms with Gasteiger partial charge >= 0.3 is 0 Å². The molecule has 0 fully saturated rings. The smallest absolute Gasteiger partial charge is 0.123 e. The maximum atomic E-state index is 9.42. The number of rotatable bonds is 2. The molecule has 0 aliphatic rings. The molecule has 3 aromatic carbocycles. The number of phenols is 2. The van der Waals surface area contributed by atoms with Gasteiger partial charge in [0, 0.05) is 5.39 Å². The Balaban J connectivity index is 0.000000160. The Morgan fingerprint density at radius 1 is 0.682 bits per heavy atom. The van der Waals surface area contributed by atoms with Crippen LogP contribution in [-0.4, -0.2) is 10.2 Å². The molecule has 0 bridgehead atoms. The quantitative estimate of drug-likeness (QED) is 0.693. The zero-order valence-electron chi connectivity index (χ0n) is 13.1. The summed E-state index contributed by atoms with van der Waals surface area (Å²) in [6, 6.07) is 19.0. The van der Waals surface area contributed by atoms with Crippen molar-refractivity contribution in [2.45, 2.75) is 26.7 Å². The van der Waals surface area contributed by atoms with E-state index in [9.17, 15) is 10.2 Å². The molecule has 3 aromatic rings. The molecule has 0 aromatic heterocycles. The van der Waals surface area contributed by atoms with Crippen molar-refractivity contribution >= 4 is 10.8 Å². The van der Waals surface area contributed by atoms with Gasteiger partial charge < -0.3 is 10.2 Å². The zero-order chi connectivity index (χ0) is 15.9.